The summed E-state index contributed by atoms with van der Waals surface area (Å²) >= 11 is 0. The van der Waals surface area contributed by atoms with Gasteiger partial charge in [-0.25, -0.2) is 4.39 Å². The Morgan fingerprint density at radius 3 is 2.71 bits per heavy atom. The van der Waals surface area contributed by atoms with Gasteiger partial charge in [0, 0.05) is 18.9 Å². The molecule has 8 unspecified atom stereocenters. The van der Waals surface area contributed by atoms with Crippen molar-refractivity contribution in [2.45, 2.75) is 81.7 Å². The Bertz CT molecular complexity index is 514. The van der Waals surface area contributed by atoms with Gasteiger partial charge in [0.05, 0.1) is 12.1 Å². The van der Waals surface area contributed by atoms with Crippen molar-refractivity contribution in [2.75, 3.05) is 7.11 Å². The van der Waals surface area contributed by atoms with E-state index in [1.54, 1.807) is 7.11 Å². The van der Waals surface area contributed by atoms with Crippen LogP contribution in [0.4, 0.5) is 4.39 Å². The Morgan fingerprint density at radius 2 is 1.92 bits per heavy atom. The van der Waals surface area contributed by atoms with E-state index >= 15 is 0 Å². The number of hydrogen-bond donors (Lipinski definition) is 2. The Hall–Kier alpha value is -0.680. The van der Waals surface area contributed by atoms with Crippen LogP contribution in [0.15, 0.2) is 4.99 Å². The van der Waals surface area contributed by atoms with Crippen LogP contribution in [-0.4, -0.2) is 42.0 Å². The zero-order valence-electron chi connectivity index (χ0n) is 14.7. The average Bonchev–Trinajstić information content (AvgIpc) is 2.85. The van der Waals surface area contributed by atoms with Crippen LogP contribution in [-0.2, 0) is 4.74 Å². The molecule has 136 valence electrons. The Balaban J connectivity index is 1.65. The number of methoxy groups -OCH3 is 1. The molecule has 0 spiro atoms. The Kier molecular flexibility index (Phi) is 4.36. The fourth-order valence-corrected chi connectivity index (χ4v) is 6.33. The Labute approximate surface area is 144 Å². The van der Waals surface area contributed by atoms with Crippen LogP contribution in [0, 0.1) is 23.7 Å². The maximum absolute atomic E-state index is 14.5. The fraction of sp³-hybridized carbons (Fsp3) is 0.947. The molecule has 4 rings (SSSR count). The third-order valence-corrected chi connectivity index (χ3v) is 7.50. The Morgan fingerprint density at radius 1 is 1.12 bits per heavy atom. The van der Waals surface area contributed by atoms with Gasteiger partial charge in [0.15, 0.2) is 0 Å². The van der Waals surface area contributed by atoms with Crippen LogP contribution in [0.3, 0.4) is 0 Å². The number of aliphatic hydroxyl groups is 1. The first kappa shape index (κ1) is 16.8. The number of aliphatic imine (C=N–C) groups is 1. The molecule has 4 aliphatic rings. The molecule has 0 amide bonds. The highest BCUT2D eigenvalue weighted by atomic mass is 19.1. The van der Waals surface area contributed by atoms with Crippen molar-refractivity contribution in [1.29, 1.82) is 0 Å². The van der Waals surface area contributed by atoms with Gasteiger partial charge in [0.25, 0.3) is 0 Å². The van der Waals surface area contributed by atoms with Crippen molar-refractivity contribution in [3.63, 3.8) is 0 Å². The molecule has 5 heteroatoms. The quantitative estimate of drug-likeness (QED) is 0.813. The fourth-order valence-electron chi connectivity index (χ4n) is 6.33. The van der Waals surface area contributed by atoms with Gasteiger partial charge in [-0.1, -0.05) is 19.3 Å². The minimum atomic E-state index is -1.13. The van der Waals surface area contributed by atoms with E-state index in [2.05, 4.69) is 4.99 Å². The molecule has 0 radical (unpaired) electrons. The number of rotatable bonds is 2. The van der Waals surface area contributed by atoms with E-state index in [0.29, 0.717) is 30.5 Å². The summed E-state index contributed by atoms with van der Waals surface area (Å²) < 4.78 is 20.1. The van der Waals surface area contributed by atoms with Gasteiger partial charge in [0.1, 0.15) is 17.6 Å². The lowest BCUT2D eigenvalue weighted by molar-refractivity contribution is -0.101. The average molecular weight is 338 g/mol. The number of alkyl halides is 1. The van der Waals surface area contributed by atoms with E-state index in [-0.39, 0.29) is 24.0 Å². The highest BCUT2D eigenvalue weighted by molar-refractivity contribution is 5.91. The van der Waals surface area contributed by atoms with Crippen LogP contribution in [0.2, 0.25) is 0 Å². The first-order chi connectivity index (χ1) is 11.5. The number of halogens is 1. The van der Waals surface area contributed by atoms with E-state index in [1.807, 2.05) is 0 Å². The van der Waals surface area contributed by atoms with Crippen molar-refractivity contribution in [1.82, 2.24) is 0 Å². The second kappa shape index (κ2) is 6.24. The minimum absolute atomic E-state index is 0.00548. The standard InChI is InChI=1S/C19H31FN2O2/c1-24-13-6-7-17-16(10-13)19(23,18(21)22-17)15-9-12(20)8-11-4-2-3-5-14(11)15/h11-17,23H,2-10H2,1H3,(H2,21,22). The van der Waals surface area contributed by atoms with Crippen molar-refractivity contribution in [3.8, 4) is 0 Å². The second-order valence-corrected chi connectivity index (χ2v) is 8.57. The third kappa shape index (κ3) is 2.50. The highest BCUT2D eigenvalue weighted by Gasteiger charge is 2.59. The van der Waals surface area contributed by atoms with Crippen molar-refractivity contribution in [2.24, 2.45) is 34.4 Å². The summed E-state index contributed by atoms with van der Waals surface area (Å²) in [6.45, 7) is 0. The summed E-state index contributed by atoms with van der Waals surface area (Å²) in [7, 11) is 1.73. The number of nitrogens with zero attached hydrogens (tertiary/aromatic N) is 1. The molecule has 0 aromatic carbocycles. The molecule has 3 saturated carbocycles. The van der Waals surface area contributed by atoms with Crippen LogP contribution < -0.4 is 5.73 Å². The maximum Gasteiger partial charge on any atom is 0.129 e. The highest BCUT2D eigenvalue weighted by Crippen LogP contribution is 2.54. The molecule has 3 aliphatic carbocycles. The molecule has 4 nitrogen and oxygen atoms in total. The van der Waals surface area contributed by atoms with E-state index in [9.17, 15) is 9.50 Å². The number of amidine groups is 1. The lowest BCUT2D eigenvalue weighted by Crippen LogP contribution is -2.60. The van der Waals surface area contributed by atoms with Gasteiger partial charge in [-0.05, 0) is 50.4 Å². The lowest BCUT2D eigenvalue weighted by Gasteiger charge is -2.51. The summed E-state index contributed by atoms with van der Waals surface area (Å²) in [4.78, 5) is 4.64. The number of nitrogens with two attached hydrogens (primary N) is 1. The number of ether oxygens (including phenoxy) is 1. The van der Waals surface area contributed by atoms with Crippen LogP contribution in [0.1, 0.15) is 57.8 Å². The van der Waals surface area contributed by atoms with Crippen molar-refractivity contribution in [3.05, 3.63) is 0 Å². The molecule has 24 heavy (non-hydrogen) atoms. The number of hydrogen-bond acceptors (Lipinski definition) is 4. The van der Waals surface area contributed by atoms with Gasteiger partial charge < -0.3 is 15.6 Å². The van der Waals surface area contributed by atoms with E-state index in [1.165, 1.54) is 12.8 Å². The molecule has 1 heterocycles. The SMILES string of the molecule is COC1CCC2N=C(N)C(O)(C3CC(F)CC4CCCCC43)C2C1. The predicted octanol–water partition coefficient (Wildman–Crippen LogP) is 2.83. The first-order valence-electron chi connectivity index (χ1n) is 9.77. The van der Waals surface area contributed by atoms with Crippen molar-refractivity contribution < 1.29 is 14.2 Å². The first-order valence-corrected chi connectivity index (χ1v) is 9.77. The van der Waals surface area contributed by atoms with E-state index in [4.69, 9.17) is 10.5 Å². The summed E-state index contributed by atoms with van der Waals surface area (Å²) in [6, 6.07) is 0.0865. The van der Waals surface area contributed by atoms with Crippen LogP contribution >= 0.6 is 0 Å². The van der Waals surface area contributed by atoms with Gasteiger partial charge in [-0.2, -0.15) is 0 Å². The molecular weight excluding hydrogens is 307 g/mol. The predicted molar refractivity (Wildman–Crippen MR) is 91.6 cm³/mol. The number of fused-ring (bicyclic) bond motifs is 2. The molecule has 3 N–H and O–H groups in total. The molecule has 0 saturated heterocycles. The lowest BCUT2D eigenvalue weighted by atomic mass is 9.56. The monoisotopic (exact) mass is 338 g/mol. The van der Waals surface area contributed by atoms with Crippen LogP contribution in [0.25, 0.3) is 0 Å². The molecule has 0 aromatic rings. The minimum Gasteiger partial charge on any atom is -0.385 e. The van der Waals surface area contributed by atoms with Crippen molar-refractivity contribution >= 4 is 5.84 Å². The molecule has 8 atom stereocenters. The van der Waals surface area contributed by atoms with E-state index in [0.717, 1.165) is 32.1 Å². The topological polar surface area (TPSA) is 67.8 Å². The summed E-state index contributed by atoms with van der Waals surface area (Å²) in [5, 5.41) is 11.8. The summed E-state index contributed by atoms with van der Waals surface area (Å²) in [5.74, 6) is 1.09. The van der Waals surface area contributed by atoms with Gasteiger partial charge in [0.2, 0.25) is 0 Å². The maximum atomic E-state index is 14.5. The largest absolute Gasteiger partial charge is 0.385 e. The molecule has 0 bridgehead atoms. The molecular formula is C19H31FN2O2. The molecule has 0 aromatic heterocycles. The third-order valence-electron chi connectivity index (χ3n) is 7.50. The normalized spacial score (nSPS) is 51.6. The smallest absolute Gasteiger partial charge is 0.129 e. The van der Waals surface area contributed by atoms with Gasteiger partial charge in [-0.3, -0.25) is 4.99 Å². The zero-order chi connectivity index (χ0) is 16.9. The summed E-state index contributed by atoms with van der Waals surface area (Å²) in [6.07, 6.45) is 7.70. The van der Waals surface area contributed by atoms with E-state index < -0.39 is 11.8 Å². The van der Waals surface area contributed by atoms with Gasteiger partial charge >= 0.3 is 0 Å². The zero-order valence-corrected chi connectivity index (χ0v) is 14.7. The molecule has 1 aliphatic heterocycles. The summed E-state index contributed by atoms with van der Waals surface area (Å²) in [5.41, 5.74) is 5.16. The van der Waals surface area contributed by atoms with Gasteiger partial charge in [-0.15, -0.1) is 0 Å². The van der Waals surface area contributed by atoms with Crippen LogP contribution in [0.5, 0.6) is 0 Å². The second-order valence-electron chi connectivity index (χ2n) is 8.57. The molecule has 3 fully saturated rings.